The summed E-state index contributed by atoms with van der Waals surface area (Å²) in [5.74, 6) is 0. The van der Waals surface area contributed by atoms with E-state index in [2.05, 4.69) is 19.8 Å². The van der Waals surface area contributed by atoms with E-state index in [1.165, 1.54) is 0 Å². The van der Waals surface area contributed by atoms with E-state index in [9.17, 15) is 0 Å². The Labute approximate surface area is 49.8 Å². The van der Waals surface area contributed by atoms with E-state index in [-0.39, 0.29) is 0 Å². The van der Waals surface area contributed by atoms with Gasteiger partial charge in [-0.1, -0.05) is 0 Å². The SMILES string of the molecule is CC=CC=[CH][Pt]. The van der Waals surface area contributed by atoms with Crippen molar-refractivity contribution in [3.63, 3.8) is 0 Å². The predicted molar refractivity (Wildman–Crippen MR) is 24.0 cm³/mol. The number of hydrogen-bond acceptors (Lipinski definition) is 0. The van der Waals surface area contributed by atoms with Crippen molar-refractivity contribution in [2.24, 2.45) is 0 Å². The van der Waals surface area contributed by atoms with Gasteiger partial charge >= 0.3 is 49.4 Å². The molecule has 0 bridgehead atoms. The zero-order valence-corrected chi connectivity index (χ0v) is 5.90. The van der Waals surface area contributed by atoms with Crippen LogP contribution in [0, 0.1) is 0 Å². The first kappa shape index (κ1) is 6.17. The summed E-state index contributed by atoms with van der Waals surface area (Å²) in [4.78, 5) is 0. The third-order valence-corrected chi connectivity index (χ3v) is 0.802. The van der Waals surface area contributed by atoms with Crippen molar-refractivity contribution in [1.29, 1.82) is 0 Å². The summed E-state index contributed by atoms with van der Waals surface area (Å²) in [6.45, 7) is 2.00. The number of rotatable bonds is 1. The Hall–Kier alpha value is 0.168. The molecule has 37 valence electrons. The molecule has 0 saturated carbocycles. The molecule has 0 atom stereocenters. The summed E-state index contributed by atoms with van der Waals surface area (Å²) in [5.41, 5.74) is 0. The van der Waals surface area contributed by atoms with Crippen molar-refractivity contribution in [2.75, 3.05) is 0 Å². The molecule has 0 aliphatic carbocycles. The molecule has 0 radical (unpaired) electrons. The van der Waals surface area contributed by atoms with Crippen LogP contribution in [0.25, 0.3) is 0 Å². The van der Waals surface area contributed by atoms with Gasteiger partial charge in [0.2, 0.25) is 0 Å². The number of allylic oxidation sites excluding steroid dienone is 3. The predicted octanol–water partition coefficient (Wildman–Crippen LogP) is 1.62. The van der Waals surface area contributed by atoms with Crippen LogP contribution in [0.5, 0.6) is 0 Å². The van der Waals surface area contributed by atoms with E-state index >= 15 is 0 Å². The van der Waals surface area contributed by atoms with Gasteiger partial charge in [0.15, 0.2) is 0 Å². The van der Waals surface area contributed by atoms with Crippen molar-refractivity contribution < 1.29 is 19.8 Å². The third-order valence-electron chi connectivity index (χ3n) is 0.364. The van der Waals surface area contributed by atoms with Crippen LogP contribution in [0.1, 0.15) is 6.92 Å². The molecule has 0 amide bonds. The van der Waals surface area contributed by atoms with E-state index in [0.29, 0.717) is 0 Å². The molecule has 0 unspecified atom stereocenters. The zero-order valence-electron chi connectivity index (χ0n) is 3.63. The summed E-state index contributed by atoms with van der Waals surface area (Å²) in [6, 6.07) is 0. The van der Waals surface area contributed by atoms with Gasteiger partial charge in [0, 0.05) is 0 Å². The van der Waals surface area contributed by atoms with Crippen molar-refractivity contribution in [2.45, 2.75) is 6.92 Å². The number of hydrogen-bond donors (Lipinski definition) is 0. The van der Waals surface area contributed by atoms with Crippen molar-refractivity contribution in [3.8, 4) is 0 Å². The molecule has 0 heterocycles. The first-order valence-corrected chi connectivity index (χ1v) is 3.07. The van der Waals surface area contributed by atoms with Gasteiger partial charge in [0.1, 0.15) is 0 Å². The molecule has 0 fully saturated rings. The molecule has 6 heavy (non-hydrogen) atoms. The fourth-order valence-electron chi connectivity index (χ4n) is 0.146. The maximum absolute atomic E-state index is 2.17. The average molecular weight is 262 g/mol. The molecule has 0 aromatic rings. The minimum atomic E-state index is 1.97. The van der Waals surface area contributed by atoms with Crippen LogP contribution in [0.2, 0.25) is 0 Å². The minimum absolute atomic E-state index is 1.97. The summed E-state index contributed by atoms with van der Waals surface area (Å²) >= 11 is 2.17. The topological polar surface area (TPSA) is 0 Å². The molecular formula is C5H7Pt. The molecule has 0 rings (SSSR count). The second-order valence-corrected chi connectivity index (χ2v) is 1.58. The van der Waals surface area contributed by atoms with E-state index in [1.54, 1.807) is 0 Å². The van der Waals surface area contributed by atoms with Crippen LogP contribution >= 0.6 is 0 Å². The first-order chi connectivity index (χ1) is 2.91. The van der Waals surface area contributed by atoms with Crippen LogP contribution < -0.4 is 0 Å². The molecular weight excluding hydrogens is 255 g/mol. The Balaban J connectivity index is 3.07. The quantitative estimate of drug-likeness (QED) is 0.630. The monoisotopic (exact) mass is 262 g/mol. The zero-order chi connectivity index (χ0) is 4.83. The molecule has 0 N–H and O–H groups in total. The van der Waals surface area contributed by atoms with E-state index < -0.39 is 0 Å². The Morgan fingerprint density at radius 3 is 2.17 bits per heavy atom. The third kappa shape index (κ3) is 4.17. The Morgan fingerprint density at radius 1 is 1.33 bits per heavy atom. The second kappa shape index (κ2) is 5.17. The molecule has 1 heteroatoms. The van der Waals surface area contributed by atoms with E-state index in [1.807, 2.05) is 29.6 Å². The van der Waals surface area contributed by atoms with Crippen LogP contribution in [0.4, 0.5) is 0 Å². The van der Waals surface area contributed by atoms with Gasteiger partial charge in [-0.3, -0.25) is 0 Å². The first-order valence-electron chi connectivity index (χ1n) is 1.76. The summed E-state index contributed by atoms with van der Waals surface area (Å²) in [6.07, 6.45) is 5.98. The van der Waals surface area contributed by atoms with Crippen LogP contribution in [-0.4, -0.2) is 0 Å². The second-order valence-electron chi connectivity index (χ2n) is 0.824. The van der Waals surface area contributed by atoms with Gasteiger partial charge in [0.25, 0.3) is 0 Å². The van der Waals surface area contributed by atoms with Gasteiger partial charge in [-0.2, -0.15) is 0 Å². The Kier molecular flexibility index (Phi) is 5.31. The van der Waals surface area contributed by atoms with Gasteiger partial charge in [0.05, 0.1) is 0 Å². The van der Waals surface area contributed by atoms with Gasteiger partial charge in [-0.25, -0.2) is 0 Å². The molecule has 0 aliphatic rings. The fraction of sp³-hybridized carbons (Fsp3) is 0.200. The van der Waals surface area contributed by atoms with Gasteiger partial charge in [-0.15, -0.1) is 0 Å². The van der Waals surface area contributed by atoms with Gasteiger partial charge < -0.3 is 0 Å². The van der Waals surface area contributed by atoms with Crippen molar-refractivity contribution in [3.05, 3.63) is 22.7 Å². The van der Waals surface area contributed by atoms with Crippen molar-refractivity contribution in [1.82, 2.24) is 0 Å². The Bertz CT molecular complexity index is 52.3. The standard InChI is InChI=1S/C5H7.Pt/c1-3-5-4-2;/h1,3-5H,2H3;. The van der Waals surface area contributed by atoms with Crippen LogP contribution in [-0.2, 0) is 19.8 Å². The van der Waals surface area contributed by atoms with E-state index in [0.717, 1.165) is 0 Å². The van der Waals surface area contributed by atoms with Crippen LogP contribution in [0.15, 0.2) is 22.7 Å². The maximum atomic E-state index is 2.17. The molecule has 0 aromatic heterocycles. The summed E-state index contributed by atoms with van der Waals surface area (Å²) < 4.78 is 1.97. The normalized spacial score (nSPS) is 11.8. The summed E-state index contributed by atoms with van der Waals surface area (Å²) in [7, 11) is 0. The van der Waals surface area contributed by atoms with Crippen LogP contribution in [0.3, 0.4) is 0 Å². The molecule has 0 aliphatic heterocycles. The molecule has 0 spiro atoms. The van der Waals surface area contributed by atoms with Gasteiger partial charge in [-0.05, 0) is 0 Å². The van der Waals surface area contributed by atoms with E-state index in [4.69, 9.17) is 0 Å². The molecule has 0 nitrogen and oxygen atoms in total. The fourth-order valence-corrected chi connectivity index (χ4v) is 0.399. The molecule has 0 saturated heterocycles. The van der Waals surface area contributed by atoms with Crippen molar-refractivity contribution >= 4 is 0 Å². The Morgan fingerprint density at radius 2 is 2.00 bits per heavy atom. The molecule has 0 aromatic carbocycles. The average Bonchev–Trinajstić information content (AvgIpc) is 1.61. The summed E-state index contributed by atoms with van der Waals surface area (Å²) in [5, 5.41) is 0.